The van der Waals surface area contributed by atoms with Gasteiger partial charge in [0, 0.05) is 49.0 Å². The van der Waals surface area contributed by atoms with Gasteiger partial charge in [-0.25, -0.2) is 0 Å². The molecule has 0 aliphatic carbocycles. The van der Waals surface area contributed by atoms with E-state index >= 15 is 0 Å². The molecule has 1 N–H and O–H groups in total. The highest BCUT2D eigenvalue weighted by atomic mass is 35.5. The molecule has 2 amide bonds. The number of halogens is 1. The van der Waals surface area contributed by atoms with Crippen LogP contribution in [0.1, 0.15) is 18.0 Å². The van der Waals surface area contributed by atoms with Crippen LogP contribution in [0.2, 0.25) is 5.02 Å². The third kappa shape index (κ3) is 3.37. The van der Waals surface area contributed by atoms with Crippen molar-refractivity contribution in [1.29, 1.82) is 0 Å². The van der Waals surface area contributed by atoms with Gasteiger partial charge in [-0.1, -0.05) is 29.8 Å². The second kappa shape index (κ2) is 6.83. The van der Waals surface area contributed by atoms with Crippen molar-refractivity contribution in [2.24, 2.45) is 0 Å². The van der Waals surface area contributed by atoms with Crippen LogP contribution in [-0.4, -0.2) is 39.6 Å². The predicted octanol–water partition coefficient (Wildman–Crippen LogP) is 1.63. The van der Waals surface area contributed by atoms with Gasteiger partial charge in [-0.05, 0) is 12.1 Å². The number of piperazine rings is 1. The van der Waals surface area contributed by atoms with E-state index < -0.39 is 6.04 Å². The third-order valence-corrected chi connectivity index (χ3v) is 4.19. The van der Waals surface area contributed by atoms with E-state index in [-0.39, 0.29) is 18.2 Å². The quantitative estimate of drug-likeness (QED) is 0.925. The molecule has 2 aromatic rings. The SMILES string of the molecule is O=C1NCCN(C(=O)CCn2cccn2)[C@@H]1c1ccccc1Cl. The van der Waals surface area contributed by atoms with Crippen molar-refractivity contribution in [3.63, 3.8) is 0 Å². The van der Waals surface area contributed by atoms with Crippen LogP contribution < -0.4 is 5.32 Å². The van der Waals surface area contributed by atoms with Crippen molar-refractivity contribution in [1.82, 2.24) is 20.0 Å². The highest BCUT2D eigenvalue weighted by Gasteiger charge is 2.35. The van der Waals surface area contributed by atoms with E-state index in [1.165, 1.54) is 0 Å². The van der Waals surface area contributed by atoms with Gasteiger partial charge in [0.1, 0.15) is 6.04 Å². The number of carbonyl (C=O) groups excluding carboxylic acids is 2. The molecule has 0 radical (unpaired) electrons. The van der Waals surface area contributed by atoms with Crippen LogP contribution in [0.3, 0.4) is 0 Å². The molecule has 0 saturated carbocycles. The maximum atomic E-state index is 12.6. The number of nitrogens with one attached hydrogen (secondary N) is 1. The molecule has 0 spiro atoms. The van der Waals surface area contributed by atoms with Crippen LogP contribution in [0.5, 0.6) is 0 Å². The number of carbonyl (C=O) groups is 2. The molecule has 1 aromatic carbocycles. The van der Waals surface area contributed by atoms with Crippen LogP contribution in [-0.2, 0) is 16.1 Å². The van der Waals surface area contributed by atoms with E-state index in [4.69, 9.17) is 11.6 Å². The molecular formula is C16H17ClN4O2. The molecule has 23 heavy (non-hydrogen) atoms. The van der Waals surface area contributed by atoms with Crippen LogP contribution >= 0.6 is 11.6 Å². The van der Waals surface area contributed by atoms with Crippen molar-refractivity contribution in [2.45, 2.75) is 19.0 Å². The predicted molar refractivity (Wildman–Crippen MR) is 85.8 cm³/mol. The standard InChI is InChI=1S/C16H17ClN4O2/c17-13-5-2-1-4-12(13)15-16(23)18-8-11-21(15)14(22)6-10-20-9-3-7-19-20/h1-5,7,9,15H,6,8,10-11H2,(H,18,23)/t15-/m1/s1. The first-order chi connectivity index (χ1) is 11.2. The average Bonchev–Trinajstić information content (AvgIpc) is 3.07. The van der Waals surface area contributed by atoms with E-state index in [1.54, 1.807) is 34.0 Å². The first-order valence-electron chi connectivity index (χ1n) is 7.46. The van der Waals surface area contributed by atoms with Gasteiger partial charge in [0.05, 0.1) is 0 Å². The first kappa shape index (κ1) is 15.6. The summed E-state index contributed by atoms with van der Waals surface area (Å²) in [6, 6.07) is 8.26. The van der Waals surface area contributed by atoms with Crippen LogP contribution in [0.4, 0.5) is 0 Å². The average molecular weight is 333 g/mol. The van der Waals surface area contributed by atoms with Crippen molar-refractivity contribution >= 4 is 23.4 Å². The summed E-state index contributed by atoms with van der Waals surface area (Å²) in [5, 5.41) is 7.37. The van der Waals surface area contributed by atoms with E-state index in [9.17, 15) is 9.59 Å². The van der Waals surface area contributed by atoms with E-state index in [0.29, 0.717) is 30.2 Å². The Morgan fingerprint density at radius 3 is 2.91 bits per heavy atom. The summed E-state index contributed by atoms with van der Waals surface area (Å²) < 4.78 is 1.70. The van der Waals surface area contributed by atoms with Crippen LogP contribution in [0.15, 0.2) is 42.7 Å². The van der Waals surface area contributed by atoms with Gasteiger partial charge in [-0.2, -0.15) is 5.10 Å². The third-order valence-electron chi connectivity index (χ3n) is 3.85. The van der Waals surface area contributed by atoms with Crippen LogP contribution in [0, 0.1) is 0 Å². The summed E-state index contributed by atoms with van der Waals surface area (Å²) in [5.41, 5.74) is 0.652. The van der Waals surface area contributed by atoms with Crippen molar-refractivity contribution in [3.05, 3.63) is 53.3 Å². The molecule has 2 heterocycles. The van der Waals surface area contributed by atoms with Gasteiger partial charge in [0.15, 0.2) is 0 Å². The lowest BCUT2D eigenvalue weighted by Gasteiger charge is -2.35. The minimum Gasteiger partial charge on any atom is -0.352 e. The molecule has 1 aromatic heterocycles. The number of hydrogen-bond acceptors (Lipinski definition) is 3. The highest BCUT2D eigenvalue weighted by Crippen LogP contribution is 2.29. The molecule has 1 atom stereocenters. The Balaban J connectivity index is 1.79. The van der Waals surface area contributed by atoms with Gasteiger partial charge in [0.2, 0.25) is 11.8 Å². The number of hydrogen-bond donors (Lipinski definition) is 1. The largest absolute Gasteiger partial charge is 0.352 e. The highest BCUT2D eigenvalue weighted by molar-refractivity contribution is 6.31. The molecule has 1 aliphatic heterocycles. The smallest absolute Gasteiger partial charge is 0.247 e. The lowest BCUT2D eigenvalue weighted by molar-refractivity contribution is -0.143. The number of nitrogens with zero attached hydrogens (tertiary/aromatic N) is 3. The van der Waals surface area contributed by atoms with Gasteiger partial charge in [0.25, 0.3) is 0 Å². The Morgan fingerprint density at radius 2 is 2.17 bits per heavy atom. The number of amides is 2. The Bertz CT molecular complexity index is 702. The van der Waals surface area contributed by atoms with Gasteiger partial charge in [-0.3, -0.25) is 14.3 Å². The summed E-state index contributed by atoms with van der Waals surface area (Å²) in [6.07, 6.45) is 3.77. The summed E-state index contributed by atoms with van der Waals surface area (Å²) in [6.45, 7) is 1.41. The second-order valence-corrected chi connectivity index (χ2v) is 5.73. The summed E-state index contributed by atoms with van der Waals surface area (Å²) >= 11 is 6.22. The molecular weight excluding hydrogens is 316 g/mol. The zero-order chi connectivity index (χ0) is 16.2. The fourth-order valence-electron chi connectivity index (χ4n) is 2.73. The van der Waals surface area contributed by atoms with E-state index in [2.05, 4.69) is 10.4 Å². The summed E-state index contributed by atoms with van der Waals surface area (Å²) in [5.74, 6) is -0.281. The summed E-state index contributed by atoms with van der Waals surface area (Å²) in [7, 11) is 0. The zero-order valence-electron chi connectivity index (χ0n) is 12.5. The van der Waals surface area contributed by atoms with Crippen molar-refractivity contribution < 1.29 is 9.59 Å². The lowest BCUT2D eigenvalue weighted by atomic mass is 10.0. The Labute approximate surface area is 139 Å². The molecule has 7 heteroatoms. The minimum absolute atomic E-state index is 0.0831. The topological polar surface area (TPSA) is 67.2 Å². The Kier molecular flexibility index (Phi) is 4.62. The maximum Gasteiger partial charge on any atom is 0.247 e. The summed E-state index contributed by atoms with van der Waals surface area (Å²) in [4.78, 5) is 26.5. The number of benzene rings is 1. The van der Waals surface area contributed by atoms with Crippen molar-refractivity contribution in [2.75, 3.05) is 13.1 Å². The molecule has 0 unspecified atom stereocenters. The maximum absolute atomic E-state index is 12.6. The van der Waals surface area contributed by atoms with Crippen molar-refractivity contribution in [3.8, 4) is 0 Å². The Hall–Kier alpha value is -2.34. The minimum atomic E-state index is -0.678. The van der Waals surface area contributed by atoms with Gasteiger partial charge < -0.3 is 10.2 Å². The first-order valence-corrected chi connectivity index (χ1v) is 7.83. The van der Waals surface area contributed by atoms with Crippen LogP contribution in [0.25, 0.3) is 0 Å². The normalized spacial score (nSPS) is 17.9. The number of aryl methyl sites for hydroxylation is 1. The molecule has 3 rings (SSSR count). The number of rotatable bonds is 4. The fourth-order valence-corrected chi connectivity index (χ4v) is 2.97. The van der Waals surface area contributed by atoms with Gasteiger partial charge >= 0.3 is 0 Å². The molecule has 1 aliphatic rings. The van der Waals surface area contributed by atoms with E-state index in [0.717, 1.165) is 0 Å². The fraction of sp³-hybridized carbons (Fsp3) is 0.312. The Morgan fingerprint density at radius 1 is 1.35 bits per heavy atom. The molecule has 120 valence electrons. The molecule has 1 saturated heterocycles. The molecule has 0 bridgehead atoms. The monoisotopic (exact) mass is 332 g/mol. The van der Waals surface area contributed by atoms with E-state index in [1.807, 2.05) is 18.3 Å². The lowest BCUT2D eigenvalue weighted by Crippen LogP contribution is -2.52. The van der Waals surface area contributed by atoms with Gasteiger partial charge in [-0.15, -0.1) is 0 Å². The second-order valence-electron chi connectivity index (χ2n) is 5.32. The number of aromatic nitrogens is 2. The molecule has 1 fully saturated rings. The molecule has 6 nitrogen and oxygen atoms in total. The zero-order valence-corrected chi connectivity index (χ0v) is 13.2.